The Bertz CT molecular complexity index is 1410. The van der Waals surface area contributed by atoms with E-state index >= 15 is 0 Å². The fourth-order valence-electron chi connectivity index (χ4n) is 4.63. The van der Waals surface area contributed by atoms with E-state index in [1.165, 1.54) is 0 Å². The van der Waals surface area contributed by atoms with Crippen molar-refractivity contribution in [2.45, 2.75) is 58.6 Å². The Morgan fingerprint density at radius 2 is 1.62 bits per heavy atom. The molecule has 0 saturated heterocycles. The van der Waals surface area contributed by atoms with Crippen molar-refractivity contribution in [1.29, 1.82) is 0 Å². The van der Waals surface area contributed by atoms with Crippen molar-refractivity contribution in [3.8, 4) is 11.1 Å². The van der Waals surface area contributed by atoms with E-state index in [0.717, 1.165) is 35.2 Å². The van der Waals surface area contributed by atoms with Crippen molar-refractivity contribution >= 4 is 35.1 Å². The van der Waals surface area contributed by atoms with Crippen LogP contribution in [0.5, 0.6) is 0 Å². The fourth-order valence-corrected chi connectivity index (χ4v) is 4.91. The number of carboxylic acid groups (broad SMARTS) is 1. The molecule has 0 spiro atoms. The van der Waals surface area contributed by atoms with Gasteiger partial charge in [-0.1, -0.05) is 85.6 Å². The van der Waals surface area contributed by atoms with Crippen molar-refractivity contribution in [3.05, 3.63) is 101 Å². The Morgan fingerprint density at radius 3 is 2.23 bits per heavy atom. The average Bonchev–Trinajstić information content (AvgIpc) is 2.91. The largest absolute Gasteiger partial charge is 0.478 e. The van der Waals surface area contributed by atoms with E-state index in [9.17, 15) is 14.7 Å². The van der Waals surface area contributed by atoms with Crippen LogP contribution in [-0.4, -0.2) is 28.5 Å². The maximum atomic E-state index is 12.9. The van der Waals surface area contributed by atoms with Crippen molar-refractivity contribution in [2.75, 3.05) is 4.90 Å². The zero-order valence-corrected chi connectivity index (χ0v) is 23.4. The summed E-state index contributed by atoms with van der Waals surface area (Å²) in [7, 11) is 0. The van der Waals surface area contributed by atoms with Crippen molar-refractivity contribution in [2.24, 2.45) is 4.99 Å². The number of hydrogen-bond acceptors (Lipinski definition) is 5. The van der Waals surface area contributed by atoms with Crippen LogP contribution in [0.3, 0.4) is 0 Å². The van der Waals surface area contributed by atoms with E-state index in [2.05, 4.69) is 11.9 Å². The minimum absolute atomic E-state index is 0.00149. The number of hydrogen-bond donors (Lipinski definition) is 1. The summed E-state index contributed by atoms with van der Waals surface area (Å²) in [6, 6.07) is 23.9. The Balaban J connectivity index is 1.79. The fraction of sp³-hybridized carbons (Fsp3) is 0.281. The lowest BCUT2D eigenvalue weighted by Crippen LogP contribution is -2.40. The molecule has 3 aromatic rings. The molecule has 7 heteroatoms. The number of anilines is 1. The van der Waals surface area contributed by atoms with Crippen LogP contribution in [0, 0.1) is 0 Å². The predicted molar refractivity (Wildman–Crippen MR) is 156 cm³/mol. The molecule has 1 atom stereocenters. The maximum absolute atomic E-state index is 12.9. The number of esters is 1. The molecule has 0 radical (unpaired) electrons. The molecule has 0 aliphatic carbocycles. The molecular formula is C32H33ClN2O4. The molecule has 1 N–H and O–H groups in total. The summed E-state index contributed by atoms with van der Waals surface area (Å²) in [6.45, 7) is 7.62. The highest BCUT2D eigenvalue weighted by Gasteiger charge is 2.37. The van der Waals surface area contributed by atoms with Crippen molar-refractivity contribution in [1.82, 2.24) is 0 Å². The molecule has 6 nitrogen and oxygen atoms in total. The van der Waals surface area contributed by atoms with E-state index < -0.39 is 17.6 Å². The molecule has 0 bridgehead atoms. The first-order valence-corrected chi connectivity index (χ1v) is 13.5. The normalized spacial score (nSPS) is 15.7. The zero-order valence-electron chi connectivity index (χ0n) is 22.6. The topological polar surface area (TPSA) is 79.2 Å². The minimum Gasteiger partial charge on any atom is -0.478 e. The van der Waals surface area contributed by atoms with Gasteiger partial charge in [-0.3, -0.25) is 0 Å². The van der Waals surface area contributed by atoms with E-state index in [-0.39, 0.29) is 16.7 Å². The van der Waals surface area contributed by atoms with Gasteiger partial charge in [0.15, 0.2) is 0 Å². The Labute approximate surface area is 234 Å². The third kappa shape index (κ3) is 6.40. The monoisotopic (exact) mass is 544 g/mol. The van der Waals surface area contributed by atoms with Gasteiger partial charge < -0.3 is 14.7 Å². The van der Waals surface area contributed by atoms with Crippen LogP contribution in [-0.2, 0) is 9.53 Å². The Kier molecular flexibility index (Phi) is 8.56. The second-order valence-corrected chi connectivity index (χ2v) is 10.8. The van der Waals surface area contributed by atoms with Crippen LogP contribution in [0.15, 0.2) is 94.6 Å². The number of carbonyl (C=O) groups is 2. The van der Waals surface area contributed by atoms with Gasteiger partial charge in [0.2, 0.25) is 0 Å². The molecule has 39 heavy (non-hydrogen) atoms. The third-order valence-electron chi connectivity index (χ3n) is 6.36. The molecule has 202 valence electrons. The number of benzene rings is 3. The van der Waals surface area contributed by atoms with Crippen LogP contribution in [0.25, 0.3) is 11.1 Å². The number of nitrogens with zero attached hydrogens (tertiary/aromatic N) is 2. The standard InChI is InChI=1S/C32H33ClN2O4/c1-5-6-16-26-34-29(33)27(30(36)37)28(22-12-8-7-9-13-22)35(26)23-19-17-21(18-20-23)24-14-10-11-15-25(24)31(38)39-32(2,3)4/h7-15,17-20,28H,5-6,16H2,1-4H3,(H,36,37). The third-order valence-corrected chi connectivity index (χ3v) is 6.65. The van der Waals surface area contributed by atoms with Crippen molar-refractivity contribution in [3.63, 3.8) is 0 Å². The second-order valence-electron chi connectivity index (χ2n) is 10.4. The van der Waals surface area contributed by atoms with Gasteiger partial charge in [0, 0.05) is 12.1 Å². The summed E-state index contributed by atoms with van der Waals surface area (Å²) in [5, 5.41) is 10.1. The van der Waals surface area contributed by atoms with E-state index in [1.54, 1.807) is 6.07 Å². The maximum Gasteiger partial charge on any atom is 0.339 e. The number of carbonyl (C=O) groups excluding carboxylic acids is 1. The van der Waals surface area contributed by atoms with Crippen molar-refractivity contribution < 1.29 is 19.4 Å². The second kappa shape index (κ2) is 11.9. The van der Waals surface area contributed by atoms with Gasteiger partial charge in [-0.15, -0.1) is 0 Å². The van der Waals surface area contributed by atoms with E-state index in [4.69, 9.17) is 16.3 Å². The quantitative estimate of drug-likeness (QED) is 0.229. The summed E-state index contributed by atoms with van der Waals surface area (Å²) in [5.74, 6) is -0.787. The number of aliphatic imine (C=N–C) groups is 1. The molecule has 1 aliphatic heterocycles. The van der Waals surface area contributed by atoms with Gasteiger partial charge >= 0.3 is 11.9 Å². The number of aliphatic carboxylic acids is 1. The van der Waals surface area contributed by atoms with Crippen LogP contribution < -0.4 is 4.90 Å². The number of unbranched alkanes of at least 4 members (excludes halogenated alkanes) is 1. The SMILES string of the molecule is CCCCC1=NC(Cl)=C(C(=O)O)C(c2ccccc2)N1c1ccc(-c2ccccc2C(=O)OC(C)(C)C)cc1. The number of ether oxygens (including phenoxy) is 1. The number of amidine groups is 1. The van der Waals surface area contributed by atoms with E-state index in [1.807, 2.05) is 98.5 Å². The van der Waals surface area contributed by atoms with Crippen LogP contribution in [0.2, 0.25) is 0 Å². The van der Waals surface area contributed by atoms with E-state index in [0.29, 0.717) is 17.8 Å². The molecule has 1 aliphatic rings. The number of rotatable bonds is 8. The van der Waals surface area contributed by atoms with Crippen LogP contribution in [0.4, 0.5) is 5.69 Å². The highest BCUT2D eigenvalue weighted by Crippen LogP contribution is 2.41. The molecule has 3 aromatic carbocycles. The molecule has 4 rings (SSSR count). The van der Waals surface area contributed by atoms with Crippen LogP contribution >= 0.6 is 11.6 Å². The summed E-state index contributed by atoms with van der Waals surface area (Å²) in [5.41, 5.74) is 3.07. The summed E-state index contributed by atoms with van der Waals surface area (Å²) < 4.78 is 5.63. The van der Waals surface area contributed by atoms with Gasteiger partial charge in [-0.25, -0.2) is 14.6 Å². The first-order chi connectivity index (χ1) is 18.6. The van der Waals surface area contributed by atoms with Crippen LogP contribution in [0.1, 0.15) is 68.9 Å². The summed E-state index contributed by atoms with van der Waals surface area (Å²) in [6.07, 6.45) is 2.48. The smallest absolute Gasteiger partial charge is 0.339 e. The minimum atomic E-state index is -1.11. The molecular weight excluding hydrogens is 512 g/mol. The van der Waals surface area contributed by atoms with Gasteiger partial charge in [0.25, 0.3) is 0 Å². The Morgan fingerprint density at radius 1 is 0.974 bits per heavy atom. The first kappa shape index (κ1) is 28.1. The van der Waals surface area contributed by atoms with Gasteiger partial charge in [0.1, 0.15) is 22.2 Å². The summed E-state index contributed by atoms with van der Waals surface area (Å²) >= 11 is 6.49. The van der Waals surface area contributed by atoms with Gasteiger partial charge in [-0.05, 0) is 62.1 Å². The lowest BCUT2D eigenvalue weighted by molar-refractivity contribution is -0.133. The number of carboxylic acids is 1. The number of halogens is 1. The highest BCUT2D eigenvalue weighted by atomic mass is 35.5. The zero-order chi connectivity index (χ0) is 28.2. The molecule has 1 unspecified atom stereocenters. The molecule has 0 aromatic heterocycles. The Hall–Kier alpha value is -3.90. The molecule has 0 amide bonds. The highest BCUT2D eigenvalue weighted by molar-refractivity contribution is 6.33. The predicted octanol–water partition coefficient (Wildman–Crippen LogP) is 7.99. The molecule has 0 saturated carbocycles. The van der Waals surface area contributed by atoms with Gasteiger partial charge in [-0.2, -0.15) is 0 Å². The molecule has 0 fully saturated rings. The summed E-state index contributed by atoms with van der Waals surface area (Å²) in [4.78, 5) is 31.8. The molecule has 1 heterocycles. The lowest BCUT2D eigenvalue weighted by atomic mass is 9.94. The first-order valence-electron chi connectivity index (χ1n) is 13.1. The average molecular weight is 545 g/mol. The van der Waals surface area contributed by atoms with Gasteiger partial charge in [0.05, 0.1) is 11.6 Å². The lowest BCUT2D eigenvalue weighted by Gasteiger charge is -2.38.